The minimum atomic E-state index is -0.470. The molecule has 1 N–H and O–H groups in total. The molecular weight excluding hydrogens is 526 g/mol. The van der Waals surface area contributed by atoms with E-state index in [4.69, 9.17) is 19.6 Å². The Morgan fingerprint density at radius 1 is 0.950 bits per heavy atom. The molecule has 200 valence electrons. The third kappa shape index (κ3) is 5.21. The van der Waals surface area contributed by atoms with Crippen molar-refractivity contribution in [1.82, 2.24) is 9.58 Å². The zero-order chi connectivity index (χ0) is 27.5. The lowest BCUT2D eigenvalue weighted by Crippen LogP contribution is -2.35. The highest BCUT2D eigenvalue weighted by molar-refractivity contribution is 8.27. The lowest BCUT2D eigenvalue weighted by atomic mass is 10.1. The number of methoxy groups -OCH3 is 1. The van der Waals surface area contributed by atoms with Crippen molar-refractivity contribution in [1.29, 1.82) is 5.41 Å². The summed E-state index contributed by atoms with van der Waals surface area (Å²) in [7, 11) is 1.62. The second kappa shape index (κ2) is 11.1. The maximum absolute atomic E-state index is 13.0. The first-order valence-electron chi connectivity index (χ1n) is 12.6. The van der Waals surface area contributed by atoms with Crippen LogP contribution in [-0.2, 0) is 11.3 Å². The van der Waals surface area contributed by atoms with Crippen LogP contribution in [0.25, 0.3) is 17.0 Å². The topological polar surface area (TPSA) is 102 Å². The molecular formula is C30H25N5O4S. The van der Waals surface area contributed by atoms with Gasteiger partial charge in [0.05, 0.1) is 19.2 Å². The fourth-order valence-electron chi connectivity index (χ4n) is 4.44. The van der Waals surface area contributed by atoms with Crippen LogP contribution >= 0.6 is 11.8 Å². The number of thioether (sulfide) groups is 1. The zero-order valence-corrected chi connectivity index (χ0v) is 22.4. The van der Waals surface area contributed by atoms with Crippen LogP contribution in [0.3, 0.4) is 0 Å². The molecule has 2 aliphatic heterocycles. The summed E-state index contributed by atoms with van der Waals surface area (Å²) in [5.74, 6) is 1.69. The van der Waals surface area contributed by atoms with Crippen molar-refractivity contribution in [3.8, 4) is 17.2 Å². The van der Waals surface area contributed by atoms with Crippen LogP contribution in [0.1, 0.15) is 5.56 Å². The van der Waals surface area contributed by atoms with Crippen molar-refractivity contribution in [3.63, 3.8) is 0 Å². The van der Waals surface area contributed by atoms with Gasteiger partial charge in [0.2, 0.25) is 5.17 Å². The van der Waals surface area contributed by atoms with E-state index in [1.807, 2.05) is 85.1 Å². The van der Waals surface area contributed by atoms with Gasteiger partial charge in [0, 0.05) is 28.7 Å². The van der Waals surface area contributed by atoms with Crippen molar-refractivity contribution >= 4 is 50.7 Å². The van der Waals surface area contributed by atoms with E-state index in [9.17, 15) is 4.79 Å². The molecule has 0 saturated heterocycles. The van der Waals surface area contributed by atoms with Gasteiger partial charge in [-0.05, 0) is 48.2 Å². The van der Waals surface area contributed by atoms with Gasteiger partial charge >= 0.3 is 0 Å². The Labute approximate surface area is 234 Å². The number of benzene rings is 3. The number of hydrazone groups is 1. The minimum absolute atomic E-state index is 0.0181. The van der Waals surface area contributed by atoms with E-state index in [2.05, 4.69) is 14.7 Å². The average molecular weight is 552 g/mol. The Hall–Kier alpha value is -4.83. The van der Waals surface area contributed by atoms with Gasteiger partial charge in [-0.15, -0.1) is 0 Å². The number of nitrogens with zero attached hydrogens (tertiary/aromatic N) is 4. The number of amides is 1. The maximum Gasteiger partial charge on any atom is 0.283 e. The molecule has 40 heavy (non-hydrogen) atoms. The van der Waals surface area contributed by atoms with E-state index in [0.29, 0.717) is 23.4 Å². The summed E-state index contributed by atoms with van der Waals surface area (Å²) in [6.45, 7) is 1.25. The Morgan fingerprint density at radius 2 is 1.73 bits per heavy atom. The number of amidine groups is 2. The van der Waals surface area contributed by atoms with Crippen molar-refractivity contribution in [3.05, 3.63) is 96.2 Å². The molecule has 2 aliphatic rings. The van der Waals surface area contributed by atoms with Gasteiger partial charge in [-0.2, -0.15) is 15.1 Å². The minimum Gasteiger partial charge on any atom is -0.497 e. The number of rotatable bonds is 9. The quantitative estimate of drug-likeness (QED) is 0.279. The summed E-state index contributed by atoms with van der Waals surface area (Å²) in [4.78, 5) is 17.2. The van der Waals surface area contributed by atoms with E-state index in [1.54, 1.807) is 13.2 Å². The summed E-state index contributed by atoms with van der Waals surface area (Å²) in [6, 6.07) is 24.8. The third-order valence-corrected chi connectivity index (χ3v) is 7.25. The molecule has 0 bridgehead atoms. The third-order valence-electron chi connectivity index (χ3n) is 6.36. The Balaban J connectivity index is 1.21. The molecule has 4 aromatic rings. The van der Waals surface area contributed by atoms with Crippen molar-refractivity contribution in [2.24, 2.45) is 10.1 Å². The van der Waals surface area contributed by atoms with Gasteiger partial charge < -0.3 is 18.8 Å². The second-order valence-corrected chi connectivity index (χ2v) is 9.98. The first-order chi connectivity index (χ1) is 19.6. The zero-order valence-electron chi connectivity index (χ0n) is 21.6. The van der Waals surface area contributed by atoms with Crippen LogP contribution in [0.15, 0.2) is 101 Å². The maximum atomic E-state index is 13.0. The van der Waals surface area contributed by atoms with Gasteiger partial charge in [-0.1, -0.05) is 42.5 Å². The smallest absolute Gasteiger partial charge is 0.283 e. The lowest BCUT2D eigenvalue weighted by Gasteiger charge is -2.20. The lowest BCUT2D eigenvalue weighted by molar-refractivity contribution is -0.114. The fourth-order valence-corrected chi connectivity index (χ4v) is 5.23. The molecule has 0 aliphatic carbocycles. The Kier molecular flexibility index (Phi) is 7.07. The number of fused-ring (bicyclic) bond motifs is 2. The van der Waals surface area contributed by atoms with E-state index < -0.39 is 5.91 Å². The molecule has 6 rings (SSSR count). The molecule has 3 heterocycles. The molecule has 0 fully saturated rings. The van der Waals surface area contributed by atoms with Crippen LogP contribution in [0.4, 0.5) is 0 Å². The molecule has 9 nitrogen and oxygen atoms in total. The first-order valence-corrected chi connectivity index (χ1v) is 13.4. The summed E-state index contributed by atoms with van der Waals surface area (Å²) in [5.41, 5.74) is 1.98. The predicted molar refractivity (Wildman–Crippen MR) is 157 cm³/mol. The number of hydrogen-bond acceptors (Lipinski definition) is 7. The highest BCUT2D eigenvalue weighted by Crippen LogP contribution is 2.30. The molecule has 0 spiro atoms. The summed E-state index contributed by atoms with van der Waals surface area (Å²) in [6.07, 6.45) is 3.68. The summed E-state index contributed by atoms with van der Waals surface area (Å²) < 4.78 is 19.1. The fraction of sp³-hybridized carbons (Fsp3) is 0.133. The first kappa shape index (κ1) is 25.4. The van der Waals surface area contributed by atoms with Gasteiger partial charge in [-0.3, -0.25) is 10.2 Å². The van der Waals surface area contributed by atoms with E-state index in [0.717, 1.165) is 33.7 Å². The molecule has 0 saturated carbocycles. The van der Waals surface area contributed by atoms with Crippen molar-refractivity contribution in [2.45, 2.75) is 6.54 Å². The number of carbonyl (C=O) groups excluding carboxylic acids is 1. The molecule has 1 amide bonds. The normalized spacial score (nSPS) is 15.7. The second-order valence-electron chi connectivity index (χ2n) is 8.94. The number of para-hydroxylation sites is 2. The van der Waals surface area contributed by atoms with Crippen LogP contribution < -0.4 is 14.2 Å². The number of carbonyl (C=O) groups is 1. The highest BCUT2D eigenvalue weighted by atomic mass is 32.2. The highest BCUT2D eigenvalue weighted by Gasteiger charge is 2.36. The van der Waals surface area contributed by atoms with E-state index >= 15 is 0 Å². The number of aliphatic imine (C=N–C) groups is 1. The average Bonchev–Trinajstić information content (AvgIpc) is 3.56. The van der Waals surface area contributed by atoms with Crippen LogP contribution in [0.2, 0.25) is 0 Å². The SMILES string of the molecule is COc1cccc(OCCn2cc(/C=C3\C(=N)N4N=C(COc5ccccc5)SC4=NC3=O)c3ccccc32)c1. The summed E-state index contributed by atoms with van der Waals surface area (Å²) >= 11 is 1.23. The largest absolute Gasteiger partial charge is 0.497 e. The monoisotopic (exact) mass is 551 g/mol. The van der Waals surface area contributed by atoms with Crippen molar-refractivity contribution in [2.75, 3.05) is 20.3 Å². The molecule has 3 aromatic carbocycles. The Bertz CT molecular complexity index is 1690. The van der Waals surface area contributed by atoms with Gasteiger partial charge in [0.1, 0.15) is 35.5 Å². The summed E-state index contributed by atoms with van der Waals surface area (Å²) in [5, 5.41) is 16.6. The van der Waals surface area contributed by atoms with Gasteiger partial charge in [0.15, 0.2) is 5.84 Å². The number of ether oxygens (including phenoxy) is 3. The molecule has 10 heteroatoms. The number of aromatic nitrogens is 1. The standard InChI is InChI=1S/C30H25N5O4S/c1-37-22-10-7-11-23(17-22)38-15-14-34-18-20(24-12-5-6-13-26(24)34)16-25-28(31)35-30(32-29(25)36)40-27(33-35)19-39-21-8-3-2-4-9-21/h2-13,16-18,31H,14-15,19H2,1H3/b25-16+,31-28?. The van der Waals surface area contributed by atoms with Gasteiger partial charge in [-0.25, -0.2) is 0 Å². The number of nitrogens with one attached hydrogen (secondary N) is 1. The Morgan fingerprint density at radius 3 is 2.58 bits per heavy atom. The van der Waals surface area contributed by atoms with E-state index in [-0.39, 0.29) is 18.0 Å². The van der Waals surface area contributed by atoms with Crippen LogP contribution in [0, 0.1) is 5.41 Å². The molecule has 0 unspecified atom stereocenters. The predicted octanol–water partition coefficient (Wildman–Crippen LogP) is 5.43. The van der Waals surface area contributed by atoms with Crippen LogP contribution in [0.5, 0.6) is 17.2 Å². The number of hydrogen-bond donors (Lipinski definition) is 1. The molecule has 0 radical (unpaired) electrons. The van der Waals surface area contributed by atoms with E-state index in [1.165, 1.54) is 16.8 Å². The van der Waals surface area contributed by atoms with Gasteiger partial charge in [0.25, 0.3) is 5.91 Å². The molecule has 0 atom stereocenters. The van der Waals surface area contributed by atoms with Crippen LogP contribution in [-0.4, -0.2) is 51.9 Å². The molecule has 1 aromatic heterocycles. The van der Waals surface area contributed by atoms with Crippen molar-refractivity contribution < 1.29 is 19.0 Å².